The molecule has 0 bridgehead atoms. The maximum absolute atomic E-state index is 11.2. The third kappa shape index (κ3) is 2.35. The van der Waals surface area contributed by atoms with Crippen molar-refractivity contribution in [2.75, 3.05) is 6.61 Å². The van der Waals surface area contributed by atoms with Gasteiger partial charge in [-0.05, 0) is 44.5 Å². The first kappa shape index (κ1) is 15.8. The summed E-state index contributed by atoms with van der Waals surface area (Å²) in [6.45, 7) is 4.01. The fourth-order valence-corrected chi connectivity index (χ4v) is 3.50. The quantitative estimate of drug-likeness (QED) is 0.731. The molecule has 0 unspecified atom stereocenters. The van der Waals surface area contributed by atoms with Gasteiger partial charge in [0.2, 0.25) is 0 Å². The van der Waals surface area contributed by atoms with Crippen LogP contribution in [-0.4, -0.2) is 21.9 Å². The van der Waals surface area contributed by atoms with E-state index in [-0.39, 0.29) is 18.1 Å². The van der Waals surface area contributed by atoms with Crippen LogP contribution in [0.15, 0.2) is 42.0 Å². The number of fused-ring (bicyclic) bond motifs is 5. The summed E-state index contributed by atoms with van der Waals surface area (Å²) in [4.78, 5) is 0. The van der Waals surface area contributed by atoms with Gasteiger partial charge in [-0.15, -0.1) is 0 Å². The third-order valence-corrected chi connectivity index (χ3v) is 4.81. The van der Waals surface area contributed by atoms with Crippen molar-refractivity contribution in [1.29, 1.82) is 0 Å². The lowest BCUT2D eigenvalue weighted by Gasteiger charge is -2.35. The van der Waals surface area contributed by atoms with E-state index in [9.17, 15) is 15.3 Å². The van der Waals surface area contributed by atoms with Crippen LogP contribution < -0.4 is 9.47 Å². The van der Waals surface area contributed by atoms with E-state index >= 15 is 0 Å². The smallest absolute Gasteiger partial charge is 0.168 e. The van der Waals surface area contributed by atoms with E-state index in [0.717, 1.165) is 5.57 Å². The summed E-state index contributed by atoms with van der Waals surface area (Å²) in [5.74, 6) is 1.25. The monoisotopic (exact) mass is 340 g/mol. The molecule has 0 aliphatic carbocycles. The summed E-state index contributed by atoms with van der Waals surface area (Å²) in [6.07, 6.45) is 1.91. The van der Waals surface area contributed by atoms with Crippen LogP contribution in [0.2, 0.25) is 0 Å². The van der Waals surface area contributed by atoms with Gasteiger partial charge in [-0.1, -0.05) is 11.6 Å². The second kappa shape index (κ2) is 5.43. The molecule has 5 heteroatoms. The fourth-order valence-electron chi connectivity index (χ4n) is 3.50. The highest BCUT2D eigenvalue weighted by Crippen LogP contribution is 2.55. The van der Waals surface area contributed by atoms with Crippen molar-refractivity contribution in [3.8, 4) is 23.0 Å². The van der Waals surface area contributed by atoms with Gasteiger partial charge < -0.3 is 24.8 Å². The van der Waals surface area contributed by atoms with Crippen LogP contribution in [0.3, 0.4) is 0 Å². The number of aromatic hydroxyl groups is 2. The van der Waals surface area contributed by atoms with E-state index < -0.39 is 11.7 Å². The zero-order valence-electron chi connectivity index (χ0n) is 14.1. The molecule has 0 amide bonds. The number of ether oxygens (including phenoxy) is 2. The maximum atomic E-state index is 11.2. The number of aliphatic hydroxyl groups is 1. The highest BCUT2D eigenvalue weighted by Gasteiger charge is 2.53. The number of rotatable bonds is 2. The van der Waals surface area contributed by atoms with Crippen LogP contribution in [-0.2, 0) is 12.0 Å². The lowest BCUT2D eigenvalue weighted by Crippen LogP contribution is -2.41. The van der Waals surface area contributed by atoms with Gasteiger partial charge in [-0.2, -0.15) is 0 Å². The largest absolute Gasteiger partial charge is 0.508 e. The minimum absolute atomic E-state index is 0.0215. The Labute approximate surface area is 145 Å². The highest BCUT2D eigenvalue weighted by molar-refractivity contribution is 5.57. The Balaban J connectivity index is 1.81. The lowest BCUT2D eigenvalue weighted by atomic mass is 9.83. The average molecular weight is 340 g/mol. The molecular formula is C20H20O5. The van der Waals surface area contributed by atoms with Gasteiger partial charge in [-0.25, -0.2) is 0 Å². The molecule has 2 aromatic carbocycles. The van der Waals surface area contributed by atoms with Gasteiger partial charge in [0.15, 0.2) is 11.7 Å². The first-order chi connectivity index (χ1) is 11.9. The number of hydrogen-bond donors (Lipinski definition) is 3. The van der Waals surface area contributed by atoms with Gasteiger partial charge in [0.25, 0.3) is 0 Å². The molecule has 2 heterocycles. The van der Waals surface area contributed by atoms with E-state index in [1.54, 1.807) is 18.2 Å². The number of allylic oxidation sites excluding steroid dienone is 2. The van der Waals surface area contributed by atoms with Crippen molar-refractivity contribution in [1.82, 2.24) is 0 Å². The fraction of sp³-hybridized carbons (Fsp3) is 0.300. The second-order valence-electron chi connectivity index (χ2n) is 6.86. The Bertz CT molecular complexity index is 882. The summed E-state index contributed by atoms with van der Waals surface area (Å²) in [5, 5.41) is 31.1. The van der Waals surface area contributed by atoms with E-state index in [1.807, 2.05) is 19.9 Å². The summed E-state index contributed by atoms with van der Waals surface area (Å²) < 4.78 is 11.8. The normalized spacial score (nSPS) is 22.9. The molecule has 3 N–H and O–H groups in total. The van der Waals surface area contributed by atoms with Crippen molar-refractivity contribution in [2.45, 2.75) is 32.0 Å². The van der Waals surface area contributed by atoms with Crippen molar-refractivity contribution in [3.63, 3.8) is 0 Å². The van der Waals surface area contributed by atoms with Crippen LogP contribution in [0.1, 0.15) is 36.6 Å². The molecular weight excluding hydrogens is 320 g/mol. The standard InChI is InChI=1S/C20H20O5/c1-11(2)3-5-13-16(22)8-6-14-18(13)24-10-20(23)15-7-4-12(21)9-17(15)25-19(14)20/h3-4,6-9,19,21-23H,5,10H2,1-2H3/t19-,20+/m0/s1. The van der Waals surface area contributed by atoms with Gasteiger partial charge in [-0.3, -0.25) is 0 Å². The van der Waals surface area contributed by atoms with Gasteiger partial charge >= 0.3 is 0 Å². The number of hydrogen-bond acceptors (Lipinski definition) is 5. The van der Waals surface area contributed by atoms with Gasteiger partial charge in [0.1, 0.15) is 29.6 Å². The van der Waals surface area contributed by atoms with E-state index in [0.29, 0.717) is 34.6 Å². The van der Waals surface area contributed by atoms with Crippen molar-refractivity contribution in [2.24, 2.45) is 0 Å². The molecule has 2 aliphatic rings. The Kier molecular flexibility index (Phi) is 3.44. The van der Waals surface area contributed by atoms with E-state index in [4.69, 9.17) is 9.47 Å². The molecule has 5 nitrogen and oxygen atoms in total. The van der Waals surface area contributed by atoms with Crippen LogP contribution >= 0.6 is 0 Å². The molecule has 2 aromatic rings. The molecule has 0 fully saturated rings. The minimum Gasteiger partial charge on any atom is -0.508 e. The molecule has 2 atom stereocenters. The number of phenolic OH excluding ortho intramolecular Hbond substituents is 2. The SMILES string of the molecule is CC(C)=CCc1c(O)ccc2c1OC[C@@]1(O)c3ccc(O)cc3O[C@@H]21. The minimum atomic E-state index is -1.32. The average Bonchev–Trinajstić information content (AvgIpc) is 2.85. The zero-order chi connectivity index (χ0) is 17.8. The summed E-state index contributed by atoms with van der Waals surface area (Å²) in [5.41, 5.74) is 1.80. The molecule has 0 aromatic heterocycles. The van der Waals surface area contributed by atoms with Crippen molar-refractivity contribution in [3.05, 3.63) is 58.7 Å². The maximum Gasteiger partial charge on any atom is 0.168 e. The second-order valence-corrected chi connectivity index (χ2v) is 6.86. The number of benzene rings is 2. The van der Waals surface area contributed by atoms with E-state index in [2.05, 4.69) is 0 Å². The zero-order valence-corrected chi connectivity index (χ0v) is 14.1. The van der Waals surface area contributed by atoms with Gasteiger partial charge in [0, 0.05) is 22.8 Å². The molecule has 0 saturated heterocycles. The summed E-state index contributed by atoms with van der Waals surface area (Å²) in [6, 6.07) is 8.00. The van der Waals surface area contributed by atoms with Crippen LogP contribution in [0.4, 0.5) is 0 Å². The molecule has 25 heavy (non-hydrogen) atoms. The molecule has 0 radical (unpaired) electrons. The first-order valence-electron chi connectivity index (χ1n) is 8.23. The third-order valence-electron chi connectivity index (χ3n) is 4.81. The lowest BCUT2D eigenvalue weighted by molar-refractivity contribution is -0.0866. The van der Waals surface area contributed by atoms with Crippen LogP contribution in [0.5, 0.6) is 23.0 Å². The summed E-state index contributed by atoms with van der Waals surface area (Å²) >= 11 is 0. The Morgan fingerprint density at radius 3 is 2.80 bits per heavy atom. The van der Waals surface area contributed by atoms with Crippen molar-refractivity contribution >= 4 is 0 Å². The molecule has 130 valence electrons. The Hall–Kier alpha value is -2.66. The topological polar surface area (TPSA) is 79.2 Å². The predicted molar refractivity (Wildman–Crippen MR) is 92.1 cm³/mol. The molecule has 0 saturated carbocycles. The van der Waals surface area contributed by atoms with E-state index in [1.165, 1.54) is 12.1 Å². The Morgan fingerprint density at radius 1 is 1.24 bits per heavy atom. The molecule has 0 spiro atoms. The first-order valence-corrected chi connectivity index (χ1v) is 8.23. The molecule has 4 rings (SSSR count). The predicted octanol–water partition coefficient (Wildman–Crippen LogP) is 3.32. The Morgan fingerprint density at radius 2 is 2.04 bits per heavy atom. The van der Waals surface area contributed by atoms with Crippen LogP contribution in [0, 0.1) is 0 Å². The number of phenols is 2. The van der Waals surface area contributed by atoms with Gasteiger partial charge in [0.05, 0.1) is 0 Å². The highest BCUT2D eigenvalue weighted by atomic mass is 16.5. The molecule has 2 aliphatic heterocycles. The summed E-state index contributed by atoms with van der Waals surface area (Å²) in [7, 11) is 0. The van der Waals surface area contributed by atoms with Crippen molar-refractivity contribution < 1.29 is 24.8 Å². The van der Waals surface area contributed by atoms with Crippen LogP contribution in [0.25, 0.3) is 0 Å².